The molecule has 0 amide bonds. The van der Waals surface area contributed by atoms with Crippen molar-refractivity contribution in [1.29, 1.82) is 0 Å². The fourth-order valence-corrected chi connectivity index (χ4v) is 2.28. The third kappa shape index (κ3) is 3.70. The van der Waals surface area contributed by atoms with E-state index in [1.165, 1.54) is 0 Å². The number of aromatic nitrogens is 1. The highest BCUT2D eigenvalue weighted by Gasteiger charge is 2.34. The predicted octanol–water partition coefficient (Wildman–Crippen LogP) is 4.53. The van der Waals surface area contributed by atoms with Crippen LogP contribution in [0.4, 0.5) is 17.6 Å². The molecule has 0 saturated heterocycles. The van der Waals surface area contributed by atoms with Crippen molar-refractivity contribution in [2.45, 2.75) is 17.0 Å². The van der Waals surface area contributed by atoms with Crippen molar-refractivity contribution >= 4 is 11.8 Å². The molecule has 0 N–H and O–H groups in total. The van der Waals surface area contributed by atoms with Crippen molar-refractivity contribution < 1.29 is 17.6 Å². The smallest absolute Gasteiger partial charge is 0.247 e. The van der Waals surface area contributed by atoms with Crippen LogP contribution in [0.2, 0.25) is 0 Å². The van der Waals surface area contributed by atoms with Crippen LogP contribution in [0.3, 0.4) is 0 Å². The van der Waals surface area contributed by atoms with Crippen LogP contribution in [0.5, 0.6) is 0 Å². The summed E-state index contributed by atoms with van der Waals surface area (Å²) in [5.41, 5.74) is -0.315. The van der Waals surface area contributed by atoms with Gasteiger partial charge in [0.25, 0.3) is 0 Å². The Kier molecular flexibility index (Phi) is 4.09. The van der Waals surface area contributed by atoms with Gasteiger partial charge in [0.05, 0.1) is 16.8 Å². The molecule has 1 aromatic carbocycles. The number of rotatable bonds is 3. The molecule has 0 saturated carbocycles. The number of alkyl halides is 3. The van der Waals surface area contributed by atoms with Gasteiger partial charge in [-0.05, 0) is 11.6 Å². The van der Waals surface area contributed by atoms with Gasteiger partial charge >= 0.3 is 6.18 Å². The zero-order valence-electron chi connectivity index (χ0n) is 9.62. The van der Waals surface area contributed by atoms with Gasteiger partial charge in [-0.2, -0.15) is 13.2 Å². The van der Waals surface area contributed by atoms with Crippen LogP contribution >= 0.6 is 11.8 Å². The minimum absolute atomic E-state index is 0.151. The number of hydrogen-bond donors (Lipinski definition) is 0. The maximum absolute atomic E-state index is 13.0. The second kappa shape index (κ2) is 5.61. The zero-order chi connectivity index (χ0) is 13.9. The van der Waals surface area contributed by atoms with Crippen molar-refractivity contribution in [3.05, 3.63) is 59.5 Å². The fraction of sp³-hybridized carbons (Fsp3) is 0.154. The normalized spacial score (nSPS) is 11.6. The van der Waals surface area contributed by atoms with Crippen LogP contribution in [0.1, 0.15) is 11.1 Å². The van der Waals surface area contributed by atoms with E-state index in [-0.39, 0.29) is 5.03 Å². The summed E-state index contributed by atoms with van der Waals surface area (Å²) in [5.74, 6) is -0.868. The molecule has 0 aliphatic carbocycles. The number of thioether (sulfide) groups is 1. The van der Waals surface area contributed by atoms with Gasteiger partial charge < -0.3 is 0 Å². The average molecular weight is 287 g/mol. The molecule has 1 heterocycles. The number of halogens is 4. The molecule has 0 aliphatic rings. The van der Waals surface area contributed by atoms with Gasteiger partial charge in [0.1, 0.15) is 0 Å². The molecular weight excluding hydrogens is 278 g/mol. The van der Waals surface area contributed by atoms with E-state index in [0.717, 1.165) is 23.4 Å². The van der Waals surface area contributed by atoms with E-state index in [4.69, 9.17) is 0 Å². The minimum Gasteiger partial charge on any atom is -0.247 e. The van der Waals surface area contributed by atoms with Crippen LogP contribution < -0.4 is 0 Å². The van der Waals surface area contributed by atoms with Gasteiger partial charge in [-0.15, -0.1) is 11.8 Å². The summed E-state index contributed by atoms with van der Waals surface area (Å²) in [6, 6.07) is 10.0. The molecule has 0 spiro atoms. The van der Waals surface area contributed by atoms with Crippen molar-refractivity contribution in [2.75, 3.05) is 0 Å². The zero-order valence-corrected chi connectivity index (χ0v) is 10.4. The summed E-state index contributed by atoms with van der Waals surface area (Å²) < 4.78 is 50.6. The maximum atomic E-state index is 13.0. The lowest BCUT2D eigenvalue weighted by atomic mass is 10.2. The first-order chi connectivity index (χ1) is 8.97. The van der Waals surface area contributed by atoms with E-state index in [0.29, 0.717) is 11.9 Å². The molecule has 2 rings (SSSR count). The largest absolute Gasteiger partial charge is 0.419 e. The molecule has 6 heteroatoms. The number of benzene rings is 1. The second-order valence-electron chi connectivity index (χ2n) is 3.77. The number of nitrogens with zero attached hydrogens (tertiary/aromatic N) is 1. The highest BCUT2D eigenvalue weighted by atomic mass is 32.2. The SMILES string of the molecule is Fc1cnc(SCc2ccccc2)cc1C(F)(F)F. The van der Waals surface area contributed by atoms with E-state index >= 15 is 0 Å². The molecule has 19 heavy (non-hydrogen) atoms. The van der Waals surface area contributed by atoms with E-state index < -0.39 is 17.6 Å². The quantitative estimate of drug-likeness (QED) is 0.607. The molecule has 2 aromatic rings. The molecule has 0 unspecified atom stereocenters. The minimum atomic E-state index is -4.70. The first-order valence-electron chi connectivity index (χ1n) is 5.36. The number of hydrogen-bond acceptors (Lipinski definition) is 2. The summed E-state index contributed by atoms with van der Waals surface area (Å²) in [5, 5.41) is 0.151. The van der Waals surface area contributed by atoms with Gasteiger partial charge in [-0.3, -0.25) is 0 Å². The van der Waals surface area contributed by atoms with Gasteiger partial charge in [0.15, 0.2) is 5.82 Å². The number of pyridine rings is 1. The maximum Gasteiger partial charge on any atom is 0.419 e. The summed E-state index contributed by atoms with van der Waals surface area (Å²) in [6.45, 7) is 0. The Hall–Kier alpha value is -1.56. The summed E-state index contributed by atoms with van der Waals surface area (Å²) in [7, 11) is 0. The molecule has 1 aromatic heterocycles. The lowest BCUT2D eigenvalue weighted by molar-refractivity contribution is -0.140. The van der Waals surface area contributed by atoms with E-state index in [1.54, 1.807) is 0 Å². The van der Waals surface area contributed by atoms with Crippen molar-refractivity contribution in [3.8, 4) is 0 Å². The summed E-state index contributed by atoms with van der Waals surface area (Å²) >= 11 is 1.13. The molecule has 0 bridgehead atoms. The summed E-state index contributed by atoms with van der Waals surface area (Å²) in [4.78, 5) is 3.66. The first kappa shape index (κ1) is 13.9. The Morgan fingerprint density at radius 2 is 1.79 bits per heavy atom. The molecule has 1 nitrogen and oxygen atoms in total. The monoisotopic (exact) mass is 287 g/mol. The van der Waals surface area contributed by atoms with E-state index in [2.05, 4.69) is 4.98 Å². The van der Waals surface area contributed by atoms with Crippen molar-refractivity contribution in [2.24, 2.45) is 0 Å². The van der Waals surface area contributed by atoms with Gasteiger partial charge in [-0.1, -0.05) is 30.3 Å². The lowest BCUT2D eigenvalue weighted by Gasteiger charge is -2.09. The van der Waals surface area contributed by atoms with Gasteiger partial charge in [0.2, 0.25) is 0 Å². The van der Waals surface area contributed by atoms with Gasteiger partial charge in [-0.25, -0.2) is 9.37 Å². The Morgan fingerprint density at radius 3 is 2.42 bits per heavy atom. The standard InChI is InChI=1S/C13H9F4NS/c14-11-7-18-12(6-10(11)13(15,16)17)19-8-9-4-2-1-3-5-9/h1-7H,8H2. The summed E-state index contributed by atoms with van der Waals surface area (Å²) in [6.07, 6.45) is -4.09. The van der Waals surface area contributed by atoms with Gasteiger partial charge in [0, 0.05) is 5.75 Å². The van der Waals surface area contributed by atoms with Crippen LogP contribution in [0, 0.1) is 5.82 Å². The topological polar surface area (TPSA) is 12.9 Å². The third-order valence-corrected chi connectivity index (χ3v) is 3.36. The Morgan fingerprint density at radius 1 is 1.11 bits per heavy atom. The Labute approximate surface area is 111 Å². The third-order valence-electron chi connectivity index (χ3n) is 2.37. The molecule has 0 atom stereocenters. The van der Waals surface area contributed by atoms with Crippen LogP contribution in [-0.2, 0) is 11.9 Å². The highest BCUT2D eigenvalue weighted by Crippen LogP contribution is 2.33. The molecular formula is C13H9F4NS. The van der Waals surface area contributed by atoms with Crippen molar-refractivity contribution in [1.82, 2.24) is 4.98 Å². The van der Waals surface area contributed by atoms with E-state index in [1.807, 2.05) is 30.3 Å². The van der Waals surface area contributed by atoms with Crippen LogP contribution in [-0.4, -0.2) is 4.98 Å². The first-order valence-corrected chi connectivity index (χ1v) is 6.35. The highest BCUT2D eigenvalue weighted by molar-refractivity contribution is 7.98. The molecule has 100 valence electrons. The van der Waals surface area contributed by atoms with Crippen molar-refractivity contribution in [3.63, 3.8) is 0 Å². The van der Waals surface area contributed by atoms with Crippen LogP contribution in [0.15, 0.2) is 47.6 Å². The lowest BCUT2D eigenvalue weighted by Crippen LogP contribution is -2.08. The molecule has 0 aliphatic heterocycles. The molecule has 0 radical (unpaired) electrons. The fourth-order valence-electron chi connectivity index (χ4n) is 1.45. The van der Waals surface area contributed by atoms with Crippen LogP contribution in [0.25, 0.3) is 0 Å². The predicted molar refractivity (Wildman–Crippen MR) is 65.2 cm³/mol. The Bertz CT molecular complexity index is 554. The second-order valence-corrected chi connectivity index (χ2v) is 4.77. The molecule has 0 fully saturated rings. The Balaban J connectivity index is 2.14. The van der Waals surface area contributed by atoms with E-state index in [9.17, 15) is 17.6 Å². The average Bonchev–Trinajstić information content (AvgIpc) is 2.37.